The number of ether oxygens (including phenoxy) is 1. The maximum atomic E-state index is 12.9. The van der Waals surface area contributed by atoms with Crippen molar-refractivity contribution in [3.05, 3.63) is 77.7 Å². The zero-order chi connectivity index (χ0) is 20.8. The number of halogens is 1. The maximum Gasteiger partial charge on any atom is 0.249 e. The van der Waals surface area contributed by atoms with Crippen LogP contribution in [0.15, 0.2) is 59.1 Å². The van der Waals surface area contributed by atoms with Crippen molar-refractivity contribution < 1.29 is 18.4 Å². The van der Waals surface area contributed by atoms with E-state index in [-0.39, 0.29) is 17.8 Å². The van der Waals surface area contributed by atoms with Gasteiger partial charge in [-0.05, 0) is 49.1 Å². The van der Waals surface area contributed by atoms with Crippen LogP contribution in [-0.4, -0.2) is 34.1 Å². The van der Waals surface area contributed by atoms with Crippen molar-refractivity contribution in [2.75, 3.05) is 13.2 Å². The van der Waals surface area contributed by atoms with Gasteiger partial charge in [0.25, 0.3) is 0 Å². The van der Waals surface area contributed by atoms with E-state index in [1.54, 1.807) is 12.1 Å². The maximum absolute atomic E-state index is 12.9. The highest BCUT2D eigenvalue weighted by molar-refractivity contribution is 5.77. The summed E-state index contributed by atoms with van der Waals surface area (Å²) in [6.07, 6.45) is 3.40. The summed E-state index contributed by atoms with van der Waals surface area (Å²) in [6.45, 7) is 1.07. The van der Waals surface area contributed by atoms with Crippen molar-refractivity contribution in [3.63, 3.8) is 0 Å². The van der Waals surface area contributed by atoms with Gasteiger partial charge < -0.3 is 14.2 Å². The number of rotatable bonds is 8. The summed E-state index contributed by atoms with van der Waals surface area (Å²) in [4.78, 5) is 19.1. The average molecular weight is 409 g/mol. The second-order valence-corrected chi connectivity index (χ2v) is 7.33. The fourth-order valence-electron chi connectivity index (χ4n) is 3.66. The molecule has 1 amide bonds. The minimum atomic E-state index is -0.301. The summed E-state index contributed by atoms with van der Waals surface area (Å²) in [7, 11) is 0. The molecule has 2 heterocycles. The normalized spacial score (nSPS) is 16.0. The lowest BCUT2D eigenvalue weighted by molar-refractivity contribution is -0.132. The Bertz CT molecular complexity index is 959. The smallest absolute Gasteiger partial charge is 0.249 e. The molecule has 1 fully saturated rings. The quantitative estimate of drug-likeness (QED) is 0.560. The zero-order valence-corrected chi connectivity index (χ0v) is 16.7. The van der Waals surface area contributed by atoms with Crippen LogP contribution in [0.1, 0.15) is 42.6 Å². The summed E-state index contributed by atoms with van der Waals surface area (Å²) >= 11 is 0. The van der Waals surface area contributed by atoms with Crippen molar-refractivity contribution >= 4 is 5.91 Å². The molecule has 0 N–H and O–H groups in total. The lowest BCUT2D eigenvalue weighted by Gasteiger charge is -2.21. The third-order valence-corrected chi connectivity index (χ3v) is 5.22. The van der Waals surface area contributed by atoms with E-state index in [2.05, 4.69) is 10.1 Å². The van der Waals surface area contributed by atoms with Crippen LogP contribution in [0.5, 0.6) is 5.75 Å². The molecule has 7 heteroatoms. The lowest BCUT2D eigenvalue weighted by atomic mass is 10.1. The molecule has 0 bridgehead atoms. The Labute approximate surface area is 174 Å². The molecule has 1 aliphatic heterocycles. The first-order valence-corrected chi connectivity index (χ1v) is 10.2. The van der Waals surface area contributed by atoms with Gasteiger partial charge in [0, 0.05) is 19.4 Å². The Morgan fingerprint density at radius 3 is 2.73 bits per heavy atom. The Hall–Kier alpha value is -3.22. The van der Waals surface area contributed by atoms with Crippen LogP contribution in [0, 0.1) is 5.82 Å². The molecular weight excluding hydrogens is 385 g/mol. The van der Waals surface area contributed by atoms with Crippen molar-refractivity contribution in [2.45, 2.75) is 38.1 Å². The summed E-state index contributed by atoms with van der Waals surface area (Å²) < 4.78 is 24.0. The molecule has 1 saturated heterocycles. The van der Waals surface area contributed by atoms with E-state index in [1.165, 1.54) is 12.1 Å². The van der Waals surface area contributed by atoms with E-state index >= 15 is 0 Å². The van der Waals surface area contributed by atoms with Gasteiger partial charge in [0.05, 0.1) is 6.61 Å². The van der Waals surface area contributed by atoms with Crippen LogP contribution in [-0.2, 0) is 17.6 Å². The number of likely N-dealkylation sites (tertiary alicyclic amines) is 1. The third-order valence-electron chi connectivity index (χ3n) is 5.22. The summed E-state index contributed by atoms with van der Waals surface area (Å²) in [5.41, 5.74) is 1.16. The molecule has 1 aromatic heterocycles. The predicted molar refractivity (Wildman–Crippen MR) is 108 cm³/mol. The SMILES string of the molecule is O=C(CCc1ccccc1)N1CCCC1c1nc(CCOc2ccc(F)cc2)no1. The van der Waals surface area contributed by atoms with Crippen LogP contribution in [0.2, 0.25) is 0 Å². The number of amides is 1. The van der Waals surface area contributed by atoms with E-state index in [9.17, 15) is 9.18 Å². The van der Waals surface area contributed by atoms with Crippen LogP contribution < -0.4 is 4.74 Å². The van der Waals surface area contributed by atoms with Gasteiger partial charge in [-0.15, -0.1) is 0 Å². The van der Waals surface area contributed by atoms with Crippen LogP contribution in [0.3, 0.4) is 0 Å². The molecule has 0 aliphatic carbocycles. The first-order valence-electron chi connectivity index (χ1n) is 10.2. The number of carbonyl (C=O) groups excluding carboxylic acids is 1. The first-order chi connectivity index (χ1) is 14.7. The molecule has 6 nitrogen and oxygen atoms in total. The topological polar surface area (TPSA) is 68.5 Å². The van der Waals surface area contributed by atoms with Gasteiger partial charge in [-0.2, -0.15) is 4.98 Å². The lowest BCUT2D eigenvalue weighted by Crippen LogP contribution is -2.30. The number of carbonyl (C=O) groups is 1. The molecule has 0 spiro atoms. The van der Waals surface area contributed by atoms with Crippen molar-refractivity contribution in [1.82, 2.24) is 15.0 Å². The standard InChI is InChI=1S/C23H24FN3O3/c24-18-9-11-19(12-10-18)29-16-14-21-25-23(30-26-21)20-7-4-15-27(20)22(28)13-8-17-5-2-1-3-6-17/h1-3,5-6,9-12,20H,4,7-8,13-16H2. The van der Waals surface area contributed by atoms with E-state index in [4.69, 9.17) is 9.26 Å². The van der Waals surface area contributed by atoms with Crippen LogP contribution in [0.25, 0.3) is 0 Å². The number of aromatic nitrogens is 2. The fraction of sp³-hybridized carbons (Fsp3) is 0.348. The van der Waals surface area contributed by atoms with Gasteiger partial charge in [-0.1, -0.05) is 35.5 Å². The molecule has 2 aromatic carbocycles. The number of aryl methyl sites for hydroxylation is 1. The molecule has 0 radical (unpaired) electrons. The third kappa shape index (κ3) is 5.03. The molecule has 30 heavy (non-hydrogen) atoms. The van der Waals surface area contributed by atoms with Crippen molar-refractivity contribution in [3.8, 4) is 5.75 Å². The summed E-state index contributed by atoms with van der Waals surface area (Å²) in [5, 5.41) is 4.03. The fourth-order valence-corrected chi connectivity index (χ4v) is 3.66. The molecular formula is C23H24FN3O3. The van der Waals surface area contributed by atoms with Crippen molar-refractivity contribution in [1.29, 1.82) is 0 Å². The Balaban J connectivity index is 1.30. The highest BCUT2D eigenvalue weighted by Crippen LogP contribution is 2.31. The number of nitrogens with zero attached hydrogens (tertiary/aromatic N) is 3. The van der Waals surface area contributed by atoms with E-state index in [1.807, 2.05) is 35.2 Å². The Morgan fingerprint density at radius 1 is 1.13 bits per heavy atom. The summed E-state index contributed by atoms with van der Waals surface area (Å²) in [5.74, 6) is 1.42. The van der Waals surface area contributed by atoms with Gasteiger partial charge >= 0.3 is 0 Å². The molecule has 1 atom stereocenters. The number of hydrogen-bond acceptors (Lipinski definition) is 5. The first kappa shape index (κ1) is 20.1. The zero-order valence-electron chi connectivity index (χ0n) is 16.7. The highest BCUT2D eigenvalue weighted by Gasteiger charge is 2.33. The largest absolute Gasteiger partial charge is 0.493 e. The molecule has 0 saturated carbocycles. The van der Waals surface area contributed by atoms with E-state index in [0.29, 0.717) is 43.5 Å². The van der Waals surface area contributed by atoms with Gasteiger partial charge in [-0.3, -0.25) is 4.79 Å². The summed E-state index contributed by atoms with van der Waals surface area (Å²) in [6, 6.07) is 15.7. The second kappa shape index (κ2) is 9.52. The van der Waals surface area contributed by atoms with Crippen molar-refractivity contribution in [2.24, 2.45) is 0 Å². The Kier molecular flexibility index (Phi) is 6.37. The highest BCUT2D eigenvalue weighted by atomic mass is 19.1. The van der Waals surface area contributed by atoms with Gasteiger partial charge in [0.2, 0.25) is 11.8 Å². The molecule has 1 aliphatic rings. The van der Waals surface area contributed by atoms with Gasteiger partial charge in [0.15, 0.2) is 5.82 Å². The van der Waals surface area contributed by atoms with Crippen LogP contribution >= 0.6 is 0 Å². The Morgan fingerprint density at radius 2 is 1.93 bits per heavy atom. The van der Waals surface area contributed by atoms with Crippen LogP contribution in [0.4, 0.5) is 4.39 Å². The predicted octanol–water partition coefficient (Wildman–Crippen LogP) is 4.13. The monoisotopic (exact) mass is 409 g/mol. The van der Waals surface area contributed by atoms with E-state index in [0.717, 1.165) is 24.8 Å². The molecule has 3 aromatic rings. The molecule has 1 unspecified atom stereocenters. The average Bonchev–Trinajstić information content (AvgIpc) is 3.44. The van der Waals surface area contributed by atoms with Gasteiger partial charge in [-0.25, -0.2) is 4.39 Å². The second-order valence-electron chi connectivity index (χ2n) is 7.33. The number of benzene rings is 2. The molecule has 4 rings (SSSR count). The minimum absolute atomic E-state index is 0.112. The number of hydrogen-bond donors (Lipinski definition) is 0. The molecule has 156 valence electrons. The van der Waals surface area contributed by atoms with Gasteiger partial charge in [0.1, 0.15) is 17.6 Å². The minimum Gasteiger partial charge on any atom is -0.493 e. The van der Waals surface area contributed by atoms with E-state index < -0.39 is 0 Å².